The van der Waals surface area contributed by atoms with E-state index in [-0.39, 0.29) is 11.7 Å². The lowest BCUT2D eigenvalue weighted by molar-refractivity contribution is 0.102. The van der Waals surface area contributed by atoms with E-state index in [2.05, 4.69) is 37.2 Å². The van der Waals surface area contributed by atoms with Crippen LogP contribution in [0, 0.1) is 5.82 Å². The first-order valence-electron chi connectivity index (χ1n) is 5.07. The molecule has 0 aliphatic rings. The number of carbonyl (C=O) groups is 1. The Bertz CT molecular complexity index is 564. The highest BCUT2D eigenvalue weighted by atomic mass is 79.9. The largest absolute Gasteiger partial charge is 0.322 e. The topological polar surface area (TPSA) is 29.1 Å². The van der Waals surface area contributed by atoms with E-state index in [9.17, 15) is 9.18 Å². The molecule has 0 spiro atoms. The van der Waals surface area contributed by atoms with E-state index >= 15 is 0 Å². The quantitative estimate of drug-likeness (QED) is 0.819. The second kappa shape index (κ2) is 5.63. The lowest BCUT2D eigenvalue weighted by Crippen LogP contribution is -2.11. The number of amides is 1. The molecule has 2 aromatic carbocycles. The number of hydrogen-bond acceptors (Lipinski definition) is 1. The Balaban J connectivity index is 2.19. The molecule has 5 heteroatoms. The molecule has 0 aromatic heterocycles. The fourth-order valence-corrected chi connectivity index (χ4v) is 2.72. The number of nitrogens with one attached hydrogen (secondary N) is 1. The van der Waals surface area contributed by atoms with Crippen molar-refractivity contribution in [2.75, 3.05) is 5.32 Å². The fraction of sp³-hybridized carbons (Fsp3) is 0. The first-order valence-corrected chi connectivity index (χ1v) is 6.66. The molecule has 0 atom stereocenters. The van der Waals surface area contributed by atoms with E-state index in [0.29, 0.717) is 11.3 Å². The van der Waals surface area contributed by atoms with Crippen molar-refractivity contribution in [2.45, 2.75) is 0 Å². The summed E-state index contributed by atoms with van der Waals surface area (Å²) < 4.78 is 14.3. The standard InChI is InChI=1S/C13H8Br2FNO/c14-9-5-8(6-10(15)7-9)13(18)17-12-3-1-11(16)2-4-12/h1-7H,(H,17,18). The van der Waals surface area contributed by atoms with Gasteiger partial charge >= 0.3 is 0 Å². The zero-order chi connectivity index (χ0) is 13.1. The van der Waals surface area contributed by atoms with Crippen molar-refractivity contribution in [3.63, 3.8) is 0 Å². The maximum Gasteiger partial charge on any atom is 0.255 e. The van der Waals surface area contributed by atoms with Crippen LogP contribution in [0.3, 0.4) is 0 Å². The van der Waals surface area contributed by atoms with Crippen molar-refractivity contribution in [2.24, 2.45) is 0 Å². The zero-order valence-electron chi connectivity index (χ0n) is 9.08. The average molecular weight is 373 g/mol. The lowest BCUT2D eigenvalue weighted by atomic mass is 10.2. The number of benzene rings is 2. The molecule has 0 saturated carbocycles. The van der Waals surface area contributed by atoms with Gasteiger partial charge in [0.05, 0.1) is 0 Å². The van der Waals surface area contributed by atoms with Gasteiger partial charge in [0.15, 0.2) is 0 Å². The highest BCUT2D eigenvalue weighted by Crippen LogP contribution is 2.21. The van der Waals surface area contributed by atoms with Gasteiger partial charge in [0.25, 0.3) is 5.91 Å². The van der Waals surface area contributed by atoms with Gasteiger partial charge < -0.3 is 5.32 Å². The summed E-state index contributed by atoms with van der Waals surface area (Å²) in [5.74, 6) is -0.582. The van der Waals surface area contributed by atoms with Crippen molar-refractivity contribution >= 4 is 43.5 Å². The molecule has 18 heavy (non-hydrogen) atoms. The maximum absolute atomic E-state index is 12.7. The van der Waals surface area contributed by atoms with Gasteiger partial charge in [0, 0.05) is 20.2 Å². The molecular weight excluding hydrogens is 365 g/mol. The molecule has 2 rings (SSSR count). The van der Waals surface area contributed by atoms with Crippen LogP contribution < -0.4 is 5.32 Å². The first kappa shape index (κ1) is 13.2. The van der Waals surface area contributed by atoms with Gasteiger partial charge in [-0.2, -0.15) is 0 Å². The summed E-state index contributed by atoms with van der Waals surface area (Å²) in [4.78, 5) is 12.0. The van der Waals surface area contributed by atoms with Crippen molar-refractivity contribution in [1.82, 2.24) is 0 Å². The van der Waals surface area contributed by atoms with Crippen LogP contribution in [0.4, 0.5) is 10.1 Å². The summed E-state index contributed by atoms with van der Waals surface area (Å²) in [6.45, 7) is 0. The number of rotatable bonds is 2. The summed E-state index contributed by atoms with van der Waals surface area (Å²) in [5, 5.41) is 2.69. The van der Waals surface area contributed by atoms with E-state index < -0.39 is 0 Å². The van der Waals surface area contributed by atoms with Crippen LogP contribution in [0.5, 0.6) is 0 Å². The van der Waals surface area contributed by atoms with Crippen molar-refractivity contribution in [3.8, 4) is 0 Å². The van der Waals surface area contributed by atoms with E-state index in [4.69, 9.17) is 0 Å². The third kappa shape index (κ3) is 3.40. The van der Waals surface area contributed by atoms with E-state index in [1.807, 2.05) is 6.07 Å². The molecule has 0 aliphatic heterocycles. The highest BCUT2D eigenvalue weighted by molar-refractivity contribution is 9.11. The second-order valence-electron chi connectivity index (χ2n) is 3.62. The van der Waals surface area contributed by atoms with Crippen molar-refractivity contribution < 1.29 is 9.18 Å². The minimum absolute atomic E-state index is 0.247. The van der Waals surface area contributed by atoms with Gasteiger partial charge in [0.1, 0.15) is 5.82 Å². The maximum atomic E-state index is 12.7. The summed E-state index contributed by atoms with van der Waals surface area (Å²) in [6.07, 6.45) is 0. The Labute approximate surface area is 120 Å². The van der Waals surface area contributed by atoms with Crippen molar-refractivity contribution in [1.29, 1.82) is 0 Å². The third-order valence-electron chi connectivity index (χ3n) is 2.23. The van der Waals surface area contributed by atoms with Crippen LogP contribution in [0.2, 0.25) is 0 Å². The predicted molar refractivity (Wildman–Crippen MR) is 76.2 cm³/mol. The molecule has 0 unspecified atom stereocenters. The Morgan fingerprint density at radius 1 is 1.00 bits per heavy atom. The van der Waals surface area contributed by atoms with E-state index in [1.54, 1.807) is 12.1 Å². The number of carbonyl (C=O) groups excluding carboxylic acids is 1. The highest BCUT2D eigenvalue weighted by Gasteiger charge is 2.08. The van der Waals surface area contributed by atoms with Gasteiger partial charge in [-0.1, -0.05) is 31.9 Å². The molecule has 1 N–H and O–H groups in total. The number of anilines is 1. The molecule has 92 valence electrons. The molecule has 0 radical (unpaired) electrons. The van der Waals surface area contributed by atoms with Crippen LogP contribution in [0.15, 0.2) is 51.4 Å². The molecule has 2 aromatic rings. The van der Waals surface area contributed by atoms with Gasteiger partial charge in [-0.15, -0.1) is 0 Å². The monoisotopic (exact) mass is 371 g/mol. The predicted octanol–water partition coefficient (Wildman–Crippen LogP) is 4.60. The van der Waals surface area contributed by atoms with Gasteiger partial charge in [0.2, 0.25) is 0 Å². The number of hydrogen-bond donors (Lipinski definition) is 1. The van der Waals surface area contributed by atoms with Crippen LogP contribution in [-0.2, 0) is 0 Å². The van der Waals surface area contributed by atoms with Crippen LogP contribution >= 0.6 is 31.9 Å². The summed E-state index contributed by atoms with van der Waals surface area (Å²) in [6, 6.07) is 10.9. The fourth-order valence-electron chi connectivity index (χ4n) is 1.42. The minimum atomic E-state index is -0.335. The molecule has 0 fully saturated rings. The van der Waals surface area contributed by atoms with E-state index in [0.717, 1.165) is 8.95 Å². The van der Waals surface area contributed by atoms with Gasteiger partial charge in [-0.3, -0.25) is 4.79 Å². The Morgan fingerprint density at radius 2 is 1.56 bits per heavy atom. The minimum Gasteiger partial charge on any atom is -0.322 e. The first-order chi connectivity index (χ1) is 8.54. The summed E-state index contributed by atoms with van der Waals surface area (Å²) in [7, 11) is 0. The van der Waals surface area contributed by atoms with E-state index in [1.165, 1.54) is 24.3 Å². The van der Waals surface area contributed by atoms with Gasteiger partial charge in [-0.05, 0) is 42.5 Å². The Morgan fingerprint density at radius 3 is 2.11 bits per heavy atom. The molecule has 0 heterocycles. The molecule has 0 aliphatic carbocycles. The zero-order valence-corrected chi connectivity index (χ0v) is 12.3. The lowest BCUT2D eigenvalue weighted by Gasteiger charge is -2.06. The SMILES string of the molecule is O=C(Nc1ccc(F)cc1)c1cc(Br)cc(Br)c1. The Kier molecular flexibility index (Phi) is 4.14. The smallest absolute Gasteiger partial charge is 0.255 e. The second-order valence-corrected chi connectivity index (χ2v) is 5.45. The molecule has 2 nitrogen and oxygen atoms in total. The molecule has 0 saturated heterocycles. The molecular formula is C13H8Br2FNO. The summed E-state index contributed by atoms with van der Waals surface area (Å²) >= 11 is 6.63. The van der Waals surface area contributed by atoms with Crippen LogP contribution in [-0.4, -0.2) is 5.91 Å². The normalized spacial score (nSPS) is 10.2. The molecule has 0 bridgehead atoms. The number of halogens is 3. The van der Waals surface area contributed by atoms with Crippen LogP contribution in [0.1, 0.15) is 10.4 Å². The third-order valence-corrected chi connectivity index (χ3v) is 3.14. The van der Waals surface area contributed by atoms with Crippen LogP contribution in [0.25, 0.3) is 0 Å². The Hall–Kier alpha value is -1.20. The average Bonchev–Trinajstić information content (AvgIpc) is 2.31. The molecule has 1 amide bonds. The van der Waals surface area contributed by atoms with Crippen molar-refractivity contribution in [3.05, 3.63) is 62.8 Å². The van der Waals surface area contributed by atoms with Gasteiger partial charge in [-0.25, -0.2) is 4.39 Å². The summed E-state index contributed by atoms with van der Waals surface area (Å²) in [5.41, 5.74) is 1.07.